The Morgan fingerprint density at radius 3 is 1.89 bits per heavy atom. The van der Waals surface area contributed by atoms with Crippen molar-refractivity contribution in [3.8, 4) is 0 Å². The Balaban J connectivity index is 2.88. The molecule has 0 heterocycles. The van der Waals surface area contributed by atoms with Gasteiger partial charge in [-0.05, 0) is 25.0 Å². The van der Waals surface area contributed by atoms with Crippen molar-refractivity contribution in [2.24, 2.45) is 0 Å². The van der Waals surface area contributed by atoms with E-state index in [1.54, 1.807) is 30.3 Å². The molecule has 0 atom stereocenters. The van der Waals surface area contributed by atoms with E-state index in [-0.39, 0.29) is 31.2 Å². The molecule has 102 valence electrons. The molecular formula is C12H19NO4S. The van der Waals surface area contributed by atoms with E-state index in [1.807, 2.05) is 0 Å². The molecule has 0 spiro atoms. The van der Waals surface area contributed by atoms with Gasteiger partial charge in [0.05, 0.1) is 4.90 Å². The van der Waals surface area contributed by atoms with Crippen molar-refractivity contribution in [1.29, 1.82) is 0 Å². The number of benzene rings is 1. The van der Waals surface area contributed by atoms with Crippen LogP contribution in [0.5, 0.6) is 0 Å². The van der Waals surface area contributed by atoms with Gasteiger partial charge in [0.2, 0.25) is 10.0 Å². The summed E-state index contributed by atoms with van der Waals surface area (Å²) in [7, 11) is -3.53. The summed E-state index contributed by atoms with van der Waals surface area (Å²) in [5.74, 6) is 0. The molecule has 0 saturated heterocycles. The topological polar surface area (TPSA) is 77.8 Å². The SMILES string of the molecule is O=S(=O)(c1ccccc1)N(CCCO)CCCO. The van der Waals surface area contributed by atoms with Crippen molar-refractivity contribution in [3.05, 3.63) is 30.3 Å². The second-order valence-corrected chi connectivity index (χ2v) is 5.81. The van der Waals surface area contributed by atoms with Crippen LogP contribution in [0.1, 0.15) is 12.8 Å². The van der Waals surface area contributed by atoms with Gasteiger partial charge in [-0.25, -0.2) is 8.42 Å². The van der Waals surface area contributed by atoms with Gasteiger partial charge in [0, 0.05) is 26.3 Å². The minimum absolute atomic E-state index is 0.0556. The Morgan fingerprint density at radius 1 is 0.944 bits per heavy atom. The van der Waals surface area contributed by atoms with Crippen LogP contribution in [-0.2, 0) is 10.0 Å². The lowest BCUT2D eigenvalue weighted by Crippen LogP contribution is -2.33. The average molecular weight is 273 g/mol. The predicted molar refractivity (Wildman–Crippen MR) is 68.6 cm³/mol. The van der Waals surface area contributed by atoms with Crippen LogP contribution in [0.15, 0.2) is 35.2 Å². The lowest BCUT2D eigenvalue weighted by molar-refractivity contribution is 0.250. The molecule has 0 aliphatic carbocycles. The van der Waals surface area contributed by atoms with Crippen molar-refractivity contribution in [2.75, 3.05) is 26.3 Å². The number of sulfonamides is 1. The summed E-state index contributed by atoms with van der Waals surface area (Å²) in [5, 5.41) is 17.6. The van der Waals surface area contributed by atoms with Crippen LogP contribution in [0.3, 0.4) is 0 Å². The summed E-state index contributed by atoms with van der Waals surface area (Å²) >= 11 is 0. The van der Waals surface area contributed by atoms with Crippen molar-refractivity contribution in [1.82, 2.24) is 4.31 Å². The first-order valence-electron chi connectivity index (χ1n) is 5.90. The van der Waals surface area contributed by atoms with Gasteiger partial charge in [-0.2, -0.15) is 4.31 Å². The molecule has 0 amide bonds. The fraction of sp³-hybridized carbons (Fsp3) is 0.500. The zero-order valence-corrected chi connectivity index (χ0v) is 11.0. The summed E-state index contributed by atoms with van der Waals surface area (Å²) in [4.78, 5) is 0.237. The lowest BCUT2D eigenvalue weighted by atomic mass is 10.4. The van der Waals surface area contributed by atoms with E-state index in [4.69, 9.17) is 10.2 Å². The Morgan fingerprint density at radius 2 is 1.44 bits per heavy atom. The molecule has 1 aromatic carbocycles. The summed E-state index contributed by atoms with van der Waals surface area (Å²) in [6.45, 7) is 0.404. The maximum atomic E-state index is 12.3. The highest BCUT2D eigenvalue weighted by Crippen LogP contribution is 2.15. The monoisotopic (exact) mass is 273 g/mol. The quantitative estimate of drug-likeness (QED) is 0.720. The summed E-state index contributed by atoms with van der Waals surface area (Å²) in [6.07, 6.45) is 0.773. The van der Waals surface area contributed by atoms with E-state index >= 15 is 0 Å². The van der Waals surface area contributed by atoms with E-state index in [1.165, 1.54) is 4.31 Å². The first-order chi connectivity index (χ1) is 8.62. The van der Waals surface area contributed by atoms with Crippen LogP contribution in [0.2, 0.25) is 0 Å². The van der Waals surface area contributed by atoms with Gasteiger partial charge in [0.15, 0.2) is 0 Å². The van der Waals surface area contributed by atoms with Crippen LogP contribution >= 0.6 is 0 Å². The van der Waals surface area contributed by atoms with Crippen LogP contribution in [-0.4, -0.2) is 49.2 Å². The normalized spacial score (nSPS) is 11.9. The first kappa shape index (κ1) is 15.1. The van der Waals surface area contributed by atoms with Crippen LogP contribution < -0.4 is 0 Å². The lowest BCUT2D eigenvalue weighted by Gasteiger charge is -2.21. The maximum Gasteiger partial charge on any atom is 0.243 e. The highest BCUT2D eigenvalue weighted by atomic mass is 32.2. The summed E-state index contributed by atoms with van der Waals surface area (Å²) in [6, 6.07) is 8.18. The van der Waals surface area contributed by atoms with E-state index in [0.717, 1.165) is 0 Å². The van der Waals surface area contributed by atoms with Gasteiger partial charge in [-0.15, -0.1) is 0 Å². The van der Waals surface area contributed by atoms with Gasteiger partial charge >= 0.3 is 0 Å². The van der Waals surface area contributed by atoms with E-state index < -0.39 is 10.0 Å². The number of hydrogen-bond acceptors (Lipinski definition) is 4. The maximum absolute atomic E-state index is 12.3. The molecule has 1 rings (SSSR count). The zero-order valence-electron chi connectivity index (χ0n) is 10.2. The fourth-order valence-electron chi connectivity index (χ4n) is 1.59. The Bertz CT molecular complexity index is 425. The molecule has 0 aliphatic heterocycles. The van der Waals surface area contributed by atoms with E-state index in [2.05, 4.69) is 0 Å². The molecule has 2 N–H and O–H groups in total. The second-order valence-electron chi connectivity index (χ2n) is 3.87. The van der Waals surface area contributed by atoms with E-state index in [9.17, 15) is 8.42 Å². The molecule has 1 aromatic rings. The molecule has 0 fully saturated rings. The number of aliphatic hydroxyl groups excluding tert-OH is 2. The Hall–Kier alpha value is -0.950. The second kappa shape index (κ2) is 7.48. The molecule has 18 heavy (non-hydrogen) atoms. The highest BCUT2D eigenvalue weighted by molar-refractivity contribution is 7.89. The largest absolute Gasteiger partial charge is 0.396 e. The minimum atomic E-state index is -3.53. The molecule has 0 aromatic heterocycles. The molecule has 0 unspecified atom stereocenters. The zero-order chi connectivity index (χ0) is 13.4. The standard InChI is InChI=1S/C12H19NO4S/c14-10-4-8-13(9-5-11-15)18(16,17)12-6-2-1-3-7-12/h1-3,6-7,14-15H,4-5,8-11H2. The van der Waals surface area contributed by atoms with Crippen LogP contribution in [0.4, 0.5) is 0 Å². The van der Waals surface area contributed by atoms with Crippen molar-refractivity contribution >= 4 is 10.0 Å². The molecule has 0 saturated carbocycles. The number of aliphatic hydroxyl groups is 2. The summed E-state index contributed by atoms with van der Waals surface area (Å²) in [5.41, 5.74) is 0. The molecule has 5 nitrogen and oxygen atoms in total. The Labute approximate surface area is 108 Å². The number of hydrogen-bond donors (Lipinski definition) is 2. The van der Waals surface area contributed by atoms with Gasteiger partial charge in [0.25, 0.3) is 0 Å². The van der Waals surface area contributed by atoms with Crippen molar-refractivity contribution in [2.45, 2.75) is 17.7 Å². The highest BCUT2D eigenvalue weighted by Gasteiger charge is 2.22. The molecule has 0 radical (unpaired) electrons. The van der Waals surface area contributed by atoms with Crippen LogP contribution in [0.25, 0.3) is 0 Å². The van der Waals surface area contributed by atoms with Crippen molar-refractivity contribution < 1.29 is 18.6 Å². The third kappa shape index (κ3) is 4.06. The Kier molecular flexibility index (Phi) is 6.28. The number of nitrogens with zero attached hydrogens (tertiary/aromatic N) is 1. The third-order valence-electron chi connectivity index (χ3n) is 2.51. The van der Waals surface area contributed by atoms with Gasteiger partial charge in [-0.3, -0.25) is 0 Å². The molecule has 0 aliphatic rings. The van der Waals surface area contributed by atoms with Gasteiger partial charge in [0.1, 0.15) is 0 Å². The smallest absolute Gasteiger partial charge is 0.243 e. The third-order valence-corrected chi connectivity index (χ3v) is 4.43. The average Bonchev–Trinajstić information content (AvgIpc) is 2.39. The summed E-state index contributed by atoms with van der Waals surface area (Å²) < 4.78 is 25.9. The van der Waals surface area contributed by atoms with Gasteiger partial charge in [-0.1, -0.05) is 18.2 Å². The minimum Gasteiger partial charge on any atom is -0.396 e. The van der Waals surface area contributed by atoms with Crippen molar-refractivity contribution in [3.63, 3.8) is 0 Å². The molecular weight excluding hydrogens is 254 g/mol. The van der Waals surface area contributed by atoms with Gasteiger partial charge < -0.3 is 10.2 Å². The van der Waals surface area contributed by atoms with E-state index in [0.29, 0.717) is 12.8 Å². The molecule has 0 bridgehead atoms. The fourth-order valence-corrected chi connectivity index (χ4v) is 3.13. The first-order valence-corrected chi connectivity index (χ1v) is 7.34. The van der Waals surface area contributed by atoms with Crippen LogP contribution in [0, 0.1) is 0 Å². The predicted octanol–water partition coefficient (Wildman–Crippen LogP) is 0.442. The number of rotatable bonds is 8. The molecule has 6 heteroatoms.